The zero-order valence-corrected chi connectivity index (χ0v) is 29.4. The van der Waals surface area contributed by atoms with Crippen molar-refractivity contribution < 1.29 is 48.7 Å². The Labute approximate surface area is 294 Å². The van der Waals surface area contributed by atoms with E-state index in [1.165, 1.54) is 12.8 Å². The quantitative estimate of drug-likeness (QED) is 0.245. The second kappa shape index (κ2) is 12.6. The monoisotopic (exact) mass is 700 g/mol. The zero-order chi connectivity index (χ0) is 33.6. The van der Waals surface area contributed by atoms with E-state index in [0.29, 0.717) is 75.3 Å². The van der Waals surface area contributed by atoms with Crippen LogP contribution in [0.3, 0.4) is 0 Å². The number of carbonyl (C=O) groups is 2. The number of hydrogen-bond acceptors (Lipinski definition) is 10. The van der Waals surface area contributed by atoms with Crippen molar-refractivity contribution in [2.45, 2.75) is 152 Å². The Morgan fingerprint density at radius 2 is 0.740 bits per heavy atom. The van der Waals surface area contributed by atoms with E-state index in [1.807, 2.05) is 0 Å². The van der Waals surface area contributed by atoms with Crippen LogP contribution in [-0.4, -0.2) is 48.1 Å². The summed E-state index contributed by atoms with van der Waals surface area (Å²) in [5.41, 5.74) is 0. The summed E-state index contributed by atoms with van der Waals surface area (Å²) >= 11 is 0. The molecular weight excluding hydrogens is 644 g/mol. The number of hydrogen-bond donors (Lipinski definition) is 2. The lowest BCUT2D eigenvalue weighted by Crippen LogP contribution is -2.64. The van der Waals surface area contributed by atoms with Crippen molar-refractivity contribution in [1.82, 2.24) is 10.6 Å². The van der Waals surface area contributed by atoms with E-state index in [1.54, 1.807) is 0 Å². The third-order valence-electron chi connectivity index (χ3n) is 15.3. The van der Waals surface area contributed by atoms with Crippen LogP contribution in [-0.2, 0) is 48.7 Å². The third-order valence-corrected chi connectivity index (χ3v) is 15.3. The van der Waals surface area contributed by atoms with Crippen LogP contribution in [0, 0.1) is 59.2 Å². The first-order valence-corrected chi connectivity index (χ1v) is 20.3. The minimum absolute atomic E-state index is 0.00987. The molecular formula is C38H56N2O10. The molecule has 4 spiro atoms. The molecule has 2 saturated heterocycles. The number of carbonyl (C=O) groups excluding carboxylic acids is 2. The fourth-order valence-corrected chi connectivity index (χ4v) is 12.9. The lowest BCUT2D eigenvalue weighted by Gasteiger charge is -2.60. The van der Waals surface area contributed by atoms with E-state index in [0.717, 1.165) is 101 Å². The average Bonchev–Trinajstić information content (AvgIpc) is 3.11. The van der Waals surface area contributed by atoms with Gasteiger partial charge in [-0.25, -0.2) is 0 Å². The SMILES string of the molecule is O=C(CC1CCC2(CC1)OOC1(OO2)C2CC3CC(C2)CC1C3)NCCNC(=O)CC1CCC2(CC1)OOC1(OO2)C2CC3CC(C2)CC1C3. The molecule has 50 heavy (non-hydrogen) atoms. The first kappa shape index (κ1) is 33.2. The van der Waals surface area contributed by atoms with Gasteiger partial charge >= 0.3 is 0 Å². The molecule has 12 nitrogen and oxygen atoms in total. The van der Waals surface area contributed by atoms with Gasteiger partial charge in [-0.15, -0.1) is 0 Å². The molecule has 2 aliphatic heterocycles. The first-order chi connectivity index (χ1) is 24.3. The van der Waals surface area contributed by atoms with Gasteiger partial charge in [-0.2, -0.15) is 39.1 Å². The summed E-state index contributed by atoms with van der Waals surface area (Å²) in [7, 11) is 0. The van der Waals surface area contributed by atoms with Gasteiger partial charge in [-0.05, 0) is 125 Å². The maximum absolute atomic E-state index is 12.7. The van der Waals surface area contributed by atoms with Crippen molar-refractivity contribution >= 4 is 11.8 Å². The number of amides is 2. The summed E-state index contributed by atoms with van der Waals surface area (Å²) in [5.74, 6) is 1.97. The molecule has 0 aromatic carbocycles. The van der Waals surface area contributed by atoms with Crippen molar-refractivity contribution in [1.29, 1.82) is 0 Å². The predicted octanol–water partition coefficient (Wildman–Crippen LogP) is 5.90. The van der Waals surface area contributed by atoms with E-state index >= 15 is 0 Å². The van der Waals surface area contributed by atoms with Crippen molar-refractivity contribution in [3.05, 3.63) is 0 Å². The van der Waals surface area contributed by atoms with Crippen molar-refractivity contribution in [2.75, 3.05) is 13.1 Å². The van der Waals surface area contributed by atoms with Gasteiger partial charge < -0.3 is 10.6 Å². The van der Waals surface area contributed by atoms with Gasteiger partial charge in [0.25, 0.3) is 0 Å². The number of rotatable bonds is 7. The highest BCUT2D eigenvalue weighted by Gasteiger charge is 2.66. The largest absolute Gasteiger partial charge is 0.354 e. The van der Waals surface area contributed by atoms with Gasteiger partial charge in [-0.1, -0.05) is 0 Å². The molecule has 0 atom stereocenters. The van der Waals surface area contributed by atoms with Gasteiger partial charge in [0.2, 0.25) is 35.0 Å². The summed E-state index contributed by atoms with van der Waals surface area (Å²) in [6.07, 6.45) is 18.6. The van der Waals surface area contributed by atoms with E-state index in [9.17, 15) is 9.59 Å². The Morgan fingerprint density at radius 1 is 0.440 bits per heavy atom. The maximum atomic E-state index is 12.7. The van der Waals surface area contributed by atoms with Crippen LogP contribution in [0.15, 0.2) is 0 Å². The summed E-state index contributed by atoms with van der Waals surface area (Å²) in [6, 6.07) is 0. The molecule has 0 radical (unpaired) electrons. The van der Waals surface area contributed by atoms with E-state index in [-0.39, 0.29) is 23.7 Å². The fourth-order valence-electron chi connectivity index (χ4n) is 12.9. The maximum Gasteiger partial charge on any atom is 0.239 e. The lowest BCUT2D eigenvalue weighted by atomic mass is 9.53. The van der Waals surface area contributed by atoms with Crippen LogP contribution >= 0.6 is 0 Å². The average molecular weight is 701 g/mol. The van der Waals surface area contributed by atoms with Crippen LogP contribution in [0.4, 0.5) is 0 Å². The first-order valence-electron chi connectivity index (χ1n) is 20.3. The Morgan fingerprint density at radius 3 is 1.04 bits per heavy atom. The van der Waals surface area contributed by atoms with Crippen molar-refractivity contribution in [3.8, 4) is 0 Å². The summed E-state index contributed by atoms with van der Waals surface area (Å²) in [4.78, 5) is 74.3. The van der Waals surface area contributed by atoms with E-state index < -0.39 is 23.1 Å². The Balaban J connectivity index is 0.600. The zero-order valence-electron chi connectivity index (χ0n) is 29.4. The van der Waals surface area contributed by atoms with Gasteiger partial charge in [0.15, 0.2) is 0 Å². The molecule has 278 valence electrons. The molecule has 10 saturated carbocycles. The Bertz CT molecular complexity index is 1130. The molecule has 8 bridgehead atoms. The molecule has 0 aromatic rings. The molecule has 2 N–H and O–H groups in total. The third kappa shape index (κ3) is 5.77. The van der Waals surface area contributed by atoms with Crippen LogP contribution in [0.1, 0.15) is 128 Å². The molecule has 2 amide bonds. The van der Waals surface area contributed by atoms with Crippen LogP contribution < -0.4 is 10.6 Å². The Hall–Kier alpha value is -1.38. The highest BCUT2D eigenvalue weighted by atomic mass is 17.4. The smallest absolute Gasteiger partial charge is 0.239 e. The predicted molar refractivity (Wildman–Crippen MR) is 173 cm³/mol. The summed E-state index contributed by atoms with van der Waals surface area (Å²) in [6.45, 7) is 0.827. The minimum Gasteiger partial charge on any atom is -0.354 e. The standard InChI is InChI=1S/C38H56N2O10/c41-33(21-23-1-5-35(6-2-23)43-47-37(48-44-35)29-13-25-11-26(15-29)16-30(37)14-25)39-9-10-40-34(42)22-24-3-7-36(8-4-24)45-49-38(50-46-36)31-17-27-12-28(19-31)20-32(38)18-27/h23-32H,1-22H2,(H,39,41)(H,40,42). The summed E-state index contributed by atoms with van der Waals surface area (Å²) in [5, 5.41) is 5.97. The molecule has 12 aliphatic rings. The van der Waals surface area contributed by atoms with Gasteiger partial charge in [0.1, 0.15) is 0 Å². The lowest BCUT2D eigenvalue weighted by molar-refractivity contribution is -0.680. The van der Waals surface area contributed by atoms with E-state index in [2.05, 4.69) is 10.6 Å². The minimum atomic E-state index is -0.870. The molecule has 0 aromatic heterocycles. The molecule has 12 heteroatoms. The normalized spacial score (nSPS) is 51.5. The van der Waals surface area contributed by atoms with Crippen LogP contribution in [0.5, 0.6) is 0 Å². The topological polar surface area (TPSA) is 132 Å². The summed E-state index contributed by atoms with van der Waals surface area (Å²) < 4.78 is 0. The van der Waals surface area contributed by atoms with Crippen LogP contribution in [0.2, 0.25) is 0 Å². The van der Waals surface area contributed by atoms with Gasteiger partial charge in [0, 0.05) is 75.3 Å². The highest BCUT2D eigenvalue weighted by molar-refractivity contribution is 5.77. The van der Waals surface area contributed by atoms with Crippen LogP contribution in [0.25, 0.3) is 0 Å². The molecule has 0 unspecified atom stereocenters. The second-order valence-corrected chi connectivity index (χ2v) is 18.5. The second-order valence-electron chi connectivity index (χ2n) is 18.5. The fraction of sp³-hybridized carbons (Fsp3) is 0.947. The van der Waals surface area contributed by atoms with Crippen molar-refractivity contribution in [2.24, 2.45) is 59.2 Å². The number of nitrogens with one attached hydrogen (secondary N) is 2. The van der Waals surface area contributed by atoms with Gasteiger partial charge in [0.05, 0.1) is 0 Å². The molecule has 12 fully saturated rings. The van der Waals surface area contributed by atoms with Crippen molar-refractivity contribution in [3.63, 3.8) is 0 Å². The molecule has 10 aliphatic carbocycles. The van der Waals surface area contributed by atoms with Gasteiger partial charge in [-0.3, -0.25) is 9.59 Å². The molecule has 12 rings (SSSR count). The highest BCUT2D eigenvalue weighted by Crippen LogP contribution is 2.63. The Kier molecular flexibility index (Phi) is 8.37. The molecule has 2 heterocycles. The van der Waals surface area contributed by atoms with E-state index in [4.69, 9.17) is 39.1 Å².